The molecular formula is C23H20ClN3O3S. The predicted molar refractivity (Wildman–Crippen MR) is 124 cm³/mol. The zero-order valence-corrected chi connectivity index (χ0v) is 18.5. The van der Waals surface area contributed by atoms with E-state index in [2.05, 4.69) is 5.32 Å². The molecule has 0 bridgehead atoms. The molecule has 0 aliphatic rings. The lowest BCUT2D eigenvalue weighted by molar-refractivity contribution is -0.116. The molecule has 1 amide bonds. The van der Waals surface area contributed by atoms with E-state index in [1.807, 2.05) is 58.6 Å². The van der Waals surface area contributed by atoms with Crippen LogP contribution in [0.4, 0.5) is 5.69 Å². The fraction of sp³-hybridized carbons (Fsp3) is 0.130. The van der Waals surface area contributed by atoms with E-state index in [-0.39, 0.29) is 12.5 Å². The Morgan fingerprint density at radius 2 is 1.94 bits per heavy atom. The van der Waals surface area contributed by atoms with Crippen LogP contribution in [0.2, 0.25) is 5.02 Å². The molecule has 0 unspecified atom stereocenters. The van der Waals surface area contributed by atoms with E-state index in [1.54, 1.807) is 30.6 Å². The van der Waals surface area contributed by atoms with Crippen LogP contribution in [0.3, 0.4) is 0 Å². The third-order valence-corrected chi connectivity index (χ3v) is 5.85. The molecule has 2 aromatic heterocycles. The lowest BCUT2D eigenvalue weighted by Gasteiger charge is -2.14. The van der Waals surface area contributed by atoms with Crippen molar-refractivity contribution >= 4 is 34.5 Å². The summed E-state index contributed by atoms with van der Waals surface area (Å²) in [7, 11) is 3.05. The second kappa shape index (κ2) is 9.24. The van der Waals surface area contributed by atoms with Gasteiger partial charge >= 0.3 is 0 Å². The SMILES string of the molecule is COc1cc(Cl)c(NC(=O)Cn2cccc2-c2nc(-c3ccccc3)cs2)c(OC)c1. The van der Waals surface area contributed by atoms with Crippen molar-refractivity contribution in [3.05, 3.63) is 71.2 Å². The van der Waals surface area contributed by atoms with Crippen molar-refractivity contribution < 1.29 is 14.3 Å². The normalized spacial score (nSPS) is 10.7. The minimum atomic E-state index is -0.234. The minimum Gasteiger partial charge on any atom is -0.497 e. The third kappa shape index (κ3) is 4.57. The van der Waals surface area contributed by atoms with Crippen LogP contribution in [0.15, 0.2) is 66.2 Å². The number of benzene rings is 2. The van der Waals surface area contributed by atoms with Crippen LogP contribution in [0.1, 0.15) is 0 Å². The molecule has 4 rings (SSSR count). The number of aromatic nitrogens is 2. The summed E-state index contributed by atoms with van der Waals surface area (Å²) >= 11 is 7.86. The molecule has 0 fully saturated rings. The van der Waals surface area contributed by atoms with Gasteiger partial charge in [-0.2, -0.15) is 0 Å². The van der Waals surface area contributed by atoms with Gasteiger partial charge in [0.1, 0.15) is 28.7 Å². The van der Waals surface area contributed by atoms with Gasteiger partial charge in [0.15, 0.2) is 0 Å². The Morgan fingerprint density at radius 3 is 2.68 bits per heavy atom. The Balaban J connectivity index is 1.53. The van der Waals surface area contributed by atoms with Gasteiger partial charge in [-0.15, -0.1) is 11.3 Å². The van der Waals surface area contributed by atoms with Crippen molar-refractivity contribution in [3.63, 3.8) is 0 Å². The molecular weight excluding hydrogens is 434 g/mol. The van der Waals surface area contributed by atoms with Crippen LogP contribution in [0, 0.1) is 0 Å². The highest BCUT2D eigenvalue weighted by Crippen LogP contribution is 2.37. The average molecular weight is 454 g/mol. The molecule has 2 aromatic carbocycles. The number of anilines is 1. The molecule has 0 radical (unpaired) electrons. The van der Waals surface area contributed by atoms with Gasteiger partial charge in [0.2, 0.25) is 5.91 Å². The maximum Gasteiger partial charge on any atom is 0.244 e. The average Bonchev–Trinajstić information content (AvgIpc) is 3.45. The van der Waals surface area contributed by atoms with E-state index in [1.165, 1.54) is 7.11 Å². The Morgan fingerprint density at radius 1 is 1.13 bits per heavy atom. The van der Waals surface area contributed by atoms with Gasteiger partial charge < -0.3 is 19.4 Å². The van der Waals surface area contributed by atoms with Crippen molar-refractivity contribution in [3.8, 4) is 33.5 Å². The van der Waals surface area contributed by atoms with Crippen molar-refractivity contribution in [2.45, 2.75) is 6.54 Å². The van der Waals surface area contributed by atoms with E-state index in [9.17, 15) is 4.79 Å². The minimum absolute atomic E-state index is 0.105. The number of nitrogens with zero attached hydrogens (tertiary/aromatic N) is 2. The van der Waals surface area contributed by atoms with Crippen LogP contribution < -0.4 is 14.8 Å². The number of hydrogen-bond donors (Lipinski definition) is 1. The van der Waals surface area contributed by atoms with Crippen LogP contribution in [0.25, 0.3) is 22.0 Å². The zero-order chi connectivity index (χ0) is 21.8. The fourth-order valence-corrected chi connectivity index (χ4v) is 4.29. The first-order chi connectivity index (χ1) is 15.1. The van der Waals surface area contributed by atoms with E-state index < -0.39 is 0 Å². The third-order valence-electron chi connectivity index (χ3n) is 4.68. The molecule has 4 aromatic rings. The summed E-state index contributed by atoms with van der Waals surface area (Å²) < 4.78 is 12.4. The Hall–Kier alpha value is -3.29. The molecule has 0 saturated carbocycles. The molecule has 0 aliphatic heterocycles. The standard InChI is InChI=1S/C23H20ClN3O3S/c1-29-16-11-17(24)22(20(12-16)30-2)26-21(28)13-27-10-6-9-19(27)23-25-18(14-31-23)15-7-4-3-5-8-15/h3-12,14H,13H2,1-2H3,(H,26,28). The summed E-state index contributed by atoms with van der Waals surface area (Å²) in [6, 6.07) is 17.1. The first-order valence-electron chi connectivity index (χ1n) is 9.47. The summed E-state index contributed by atoms with van der Waals surface area (Å²) in [6.45, 7) is 0.105. The number of thiazole rings is 1. The van der Waals surface area contributed by atoms with Gasteiger partial charge in [-0.1, -0.05) is 41.9 Å². The summed E-state index contributed by atoms with van der Waals surface area (Å²) in [4.78, 5) is 17.5. The topological polar surface area (TPSA) is 65.4 Å². The molecule has 6 nitrogen and oxygen atoms in total. The van der Waals surface area contributed by atoms with E-state index in [4.69, 9.17) is 26.1 Å². The number of nitrogens with one attached hydrogen (secondary N) is 1. The number of amides is 1. The summed E-state index contributed by atoms with van der Waals surface area (Å²) in [5.74, 6) is 0.742. The second-order valence-corrected chi connectivity index (χ2v) is 7.93. The monoisotopic (exact) mass is 453 g/mol. The Bertz CT molecular complexity index is 1200. The van der Waals surface area contributed by atoms with E-state index in [0.717, 1.165) is 22.0 Å². The number of halogens is 1. The van der Waals surface area contributed by atoms with Crippen molar-refractivity contribution in [1.82, 2.24) is 9.55 Å². The number of carbonyl (C=O) groups is 1. The first-order valence-corrected chi connectivity index (χ1v) is 10.7. The van der Waals surface area contributed by atoms with Gasteiger partial charge in [-0.05, 0) is 12.1 Å². The van der Waals surface area contributed by atoms with Gasteiger partial charge in [0.25, 0.3) is 0 Å². The van der Waals surface area contributed by atoms with Crippen LogP contribution in [-0.2, 0) is 11.3 Å². The lowest BCUT2D eigenvalue weighted by Crippen LogP contribution is -2.19. The Kier molecular flexibility index (Phi) is 6.25. The van der Waals surface area contributed by atoms with Crippen molar-refractivity contribution in [2.24, 2.45) is 0 Å². The number of ether oxygens (including phenoxy) is 2. The van der Waals surface area contributed by atoms with Crippen molar-refractivity contribution in [1.29, 1.82) is 0 Å². The number of hydrogen-bond acceptors (Lipinski definition) is 5. The molecule has 158 valence electrons. The maximum absolute atomic E-state index is 12.8. The molecule has 1 N–H and O–H groups in total. The molecule has 0 spiro atoms. The predicted octanol–water partition coefficient (Wildman–Crippen LogP) is 5.59. The maximum atomic E-state index is 12.8. The summed E-state index contributed by atoms with van der Waals surface area (Å²) in [5, 5.41) is 6.04. The van der Waals surface area contributed by atoms with Gasteiger partial charge in [-0.3, -0.25) is 4.79 Å². The highest BCUT2D eigenvalue weighted by Gasteiger charge is 2.16. The van der Waals surface area contributed by atoms with Crippen LogP contribution >= 0.6 is 22.9 Å². The molecule has 8 heteroatoms. The van der Waals surface area contributed by atoms with E-state index >= 15 is 0 Å². The lowest BCUT2D eigenvalue weighted by atomic mass is 10.2. The molecule has 0 aliphatic carbocycles. The fourth-order valence-electron chi connectivity index (χ4n) is 3.17. The summed E-state index contributed by atoms with van der Waals surface area (Å²) in [5.41, 5.74) is 3.24. The zero-order valence-electron chi connectivity index (χ0n) is 17.0. The van der Waals surface area contributed by atoms with Gasteiger partial charge in [0, 0.05) is 29.3 Å². The number of rotatable bonds is 7. The highest BCUT2D eigenvalue weighted by atomic mass is 35.5. The largest absolute Gasteiger partial charge is 0.497 e. The van der Waals surface area contributed by atoms with Crippen LogP contribution in [0.5, 0.6) is 11.5 Å². The van der Waals surface area contributed by atoms with Gasteiger partial charge in [-0.25, -0.2) is 4.98 Å². The first kappa shape index (κ1) is 21.0. The number of carbonyl (C=O) groups excluding carboxylic acids is 1. The molecule has 2 heterocycles. The molecule has 0 atom stereocenters. The smallest absolute Gasteiger partial charge is 0.244 e. The van der Waals surface area contributed by atoms with Crippen LogP contribution in [-0.4, -0.2) is 29.7 Å². The van der Waals surface area contributed by atoms with E-state index in [0.29, 0.717) is 22.2 Å². The second-order valence-electron chi connectivity index (χ2n) is 6.66. The summed E-state index contributed by atoms with van der Waals surface area (Å²) in [6.07, 6.45) is 1.85. The Labute approximate surface area is 189 Å². The van der Waals surface area contributed by atoms with Crippen molar-refractivity contribution in [2.75, 3.05) is 19.5 Å². The number of methoxy groups -OCH3 is 2. The molecule has 31 heavy (non-hydrogen) atoms. The highest BCUT2D eigenvalue weighted by molar-refractivity contribution is 7.13. The van der Waals surface area contributed by atoms with Gasteiger partial charge in [0.05, 0.1) is 30.6 Å². The quantitative estimate of drug-likeness (QED) is 0.396. The molecule has 0 saturated heterocycles.